The molecule has 1 unspecified atom stereocenters. The lowest BCUT2D eigenvalue weighted by atomic mass is 10.1. The van der Waals surface area contributed by atoms with Crippen LogP contribution in [0.4, 0.5) is 0 Å². The monoisotopic (exact) mass is 369 g/mol. The second kappa shape index (κ2) is 6.32. The predicted octanol–water partition coefficient (Wildman–Crippen LogP) is 3.70. The van der Waals surface area contributed by atoms with Gasteiger partial charge in [0, 0.05) is 22.8 Å². The van der Waals surface area contributed by atoms with Crippen LogP contribution in [0.3, 0.4) is 0 Å². The second-order valence-corrected chi connectivity index (χ2v) is 8.55. The van der Waals surface area contributed by atoms with Gasteiger partial charge in [0.15, 0.2) is 0 Å². The highest BCUT2D eigenvalue weighted by Gasteiger charge is 2.28. The zero-order valence-electron chi connectivity index (χ0n) is 11.2. The summed E-state index contributed by atoms with van der Waals surface area (Å²) in [6, 6.07) is 2.46. The Kier molecular flexibility index (Phi) is 5.08. The molecule has 1 N–H and O–H groups in total. The molecule has 1 aliphatic carbocycles. The van der Waals surface area contributed by atoms with Crippen molar-refractivity contribution in [3.8, 4) is 0 Å². The maximum Gasteiger partial charge on any atom is 0.262 e. The number of carbonyl (C=O) groups is 1. The van der Waals surface area contributed by atoms with E-state index in [1.165, 1.54) is 18.9 Å². The van der Waals surface area contributed by atoms with Gasteiger partial charge in [-0.2, -0.15) is 0 Å². The first-order valence-corrected chi connectivity index (χ1v) is 9.48. The van der Waals surface area contributed by atoms with Gasteiger partial charge < -0.3 is 5.32 Å². The van der Waals surface area contributed by atoms with E-state index in [4.69, 9.17) is 33.9 Å². The van der Waals surface area contributed by atoms with Crippen LogP contribution in [0.5, 0.6) is 0 Å². The van der Waals surface area contributed by atoms with Crippen molar-refractivity contribution in [1.82, 2.24) is 5.32 Å². The van der Waals surface area contributed by atoms with Crippen molar-refractivity contribution in [2.75, 3.05) is 6.54 Å². The van der Waals surface area contributed by atoms with Crippen LogP contribution in [0.15, 0.2) is 17.0 Å². The minimum Gasteiger partial charge on any atom is -0.352 e. The fraction of sp³-hybridized carbons (Fsp3) is 0.462. The Bertz CT molecular complexity index is 671. The normalized spacial score (nSPS) is 16.6. The molecule has 1 saturated carbocycles. The molecule has 4 nitrogen and oxygen atoms in total. The third kappa shape index (κ3) is 4.25. The Morgan fingerprint density at radius 3 is 2.52 bits per heavy atom. The third-order valence-electron chi connectivity index (χ3n) is 3.53. The zero-order valence-corrected chi connectivity index (χ0v) is 14.3. The van der Waals surface area contributed by atoms with E-state index in [1.54, 1.807) is 0 Å². The molecule has 0 bridgehead atoms. The molecule has 1 aliphatic rings. The van der Waals surface area contributed by atoms with Crippen molar-refractivity contribution in [3.63, 3.8) is 0 Å². The van der Waals surface area contributed by atoms with Gasteiger partial charge in [0.25, 0.3) is 15.0 Å². The van der Waals surface area contributed by atoms with Gasteiger partial charge in [-0.1, -0.05) is 30.1 Å². The predicted molar refractivity (Wildman–Crippen MR) is 83.7 cm³/mol. The van der Waals surface area contributed by atoms with E-state index in [-0.39, 0.29) is 20.5 Å². The van der Waals surface area contributed by atoms with Crippen LogP contribution >= 0.6 is 33.9 Å². The van der Waals surface area contributed by atoms with Crippen LogP contribution in [-0.4, -0.2) is 20.9 Å². The SMILES string of the molecule is CC(CNC(=O)c1cc(Cl)c(Cl)c(S(=O)(=O)Cl)c1)C1CC1. The molecule has 8 heteroatoms. The molecule has 2 rings (SSSR count). The summed E-state index contributed by atoms with van der Waals surface area (Å²) in [4.78, 5) is 11.7. The Hall–Kier alpha value is -0.490. The smallest absolute Gasteiger partial charge is 0.262 e. The number of carbonyl (C=O) groups excluding carboxylic acids is 1. The largest absolute Gasteiger partial charge is 0.352 e. The molecule has 0 saturated heterocycles. The molecule has 0 aromatic heterocycles. The average molecular weight is 371 g/mol. The molecule has 0 aliphatic heterocycles. The molecule has 1 fully saturated rings. The van der Waals surface area contributed by atoms with Crippen molar-refractivity contribution in [3.05, 3.63) is 27.7 Å². The molecule has 0 heterocycles. The fourth-order valence-electron chi connectivity index (χ4n) is 2.06. The Morgan fingerprint density at radius 2 is 2.00 bits per heavy atom. The van der Waals surface area contributed by atoms with Crippen LogP contribution in [0.25, 0.3) is 0 Å². The lowest BCUT2D eigenvalue weighted by Gasteiger charge is -2.12. The van der Waals surface area contributed by atoms with Gasteiger partial charge in [-0.15, -0.1) is 0 Å². The van der Waals surface area contributed by atoms with E-state index in [0.717, 1.165) is 6.07 Å². The number of amides is 1. The molecular formula is C13H14Cl3NO3S. The Labute approximate surface area is 138 Å². The van der Waals surface area contributed by atoms with Crippen molar-refractivity contribution >= 4 is 48.8 Å². The van der Waals surface area contributed by atoms with Gasteiger partial charge in [0.05, 0.1) is 10.0 Å². The Balaban J connectivity index is 2.19. The van der Waals surface area contributed by atoms with Crippen LogP contribution in [0.2, 0.25) is 10.0 Å². The summed E-state index contributed by atoms with van der Waals surface area (Å²) in [6.07, 6.45) is 2.39. The molecule has 1 aromatic rings. The maximum absolute atomic E-state index is 12.1. The summed E-state index contributed by atoms with van der Waals surface area (Å²) in [6.45, 7) is 2.61. The lowest BCUT2D eigenvalue weighted by molar-refractivity contribution is 0.0946. The minimum atomic E-state index is -4.07. The van der Waals surface area contributed by atoms with Gasteiger partial charge >= 0.3 is 0 Å². The molecule has 1 aromatic carbocycles. The third-order valence-corrected chi connectivity index (χ3v) is 5.79. The highest BCUT2D eigenvalue weighted by atomic mass is 35.7. The summed E-state index contributed by atoms with van der Waals surface area (Å²) in [7, 11) is 1.22. The van der Waals surface area contributed by atoms with E-state index < -0.39 is 15.0 Å². The number of benzene rings is 1. The molecule has 1 atom stereocenters. The zero-order chi connectivity index (χ0) is 15.8. The number of halogens is 3. The number of hydrogen-bond acceptors (Lipinski definition) is 3. The maximum atomic E-state index is 12.1. The molecule has 0 spiro atoms. The van der Waals surface area contributed by atoms with E-state index in [0.29, 0.717) is 18.4 Å². The van der Waals surface area contributed by atoms with Gasteiger partial charge in [0.2, 0.25) is 0 Å². The van der Waals surface area contributed by atoms with Crippen molar-refractivity contribution in [2.45, 2.75) is 24.7 Å². The molecule has 21 heavy (non-hydrogen) atoms. The number of rotatable bonds is 5. The summed E-state index contributed by atoms with van der Waals surface area (Å²) < 4.78 is 22.9. The van der Waals surface area contributed by atoms with Crippen LogP contribution in [-0.2, 0) is 9.05 Å². The standard InChI is InChI=1S/C13H14Cl3NO3S/c1-7(8-2-3-8)6-17-13(18)9-4-10(14)12(15)11(5-9)21(16,19)20/h4-5,7-8H,2-3,6H2,1H3,(H,17,18). The van der Waals surface area contributed by atoms with Gasteiger partial charge in [-0.3, -0.25) is 4.79 Å². The topological polar surface area (TPSA) is 63.2 Å². The first-order valence-electron chi connectivity index (χ1n) is 6.42. The van der Waals surface area contributed by atoms with E-state index in [9.17, 15) is 13.2 Å². The number of hydrogen-bond donors (Lipinski definition) is 1. The Morgan fingerprint density at radius 1 is 1.38 bits per heavy atom. The highest BCUT2D eigenvalue weighted by molar-refractivity contribution is 8.13. The van der Waals surface area contributed by atoms with Gasteiger partial charge in [-0.25, -0.2) is 8.42 Å². The summed E-state index contributed by atoms with van der Waals surface area (Å²) in [5.41, 5.74) is 0.117. The van der Waals surface area contributed by atoms with Crippen molar-refractivity contribution in [2.24, 2.45) is 11.8 Å². The van der Waals surface area contributed by atoms with Crippen molar-refractivity contribution in [1.29, 1.82) is 0 Å². The fourth-order valence-corrected chi connectivity index (χ4v) is 3.82. The lowest BCUT2D eigenvalue weighted by Crippen LogP contribution is -2.29. The molecule has 0 radical (unpaired) electrons. The van der Waals surface area contributed by atoms with E-state index >= 15 is 0 Å². The quantitative estimate of drug-likeness (QED) is 0.804. The van der Waals surface area contributed by atoms with E-state index in [2.05, 4.69) is 12.2 Å². The number of nitrogens with one attached hydrogen (secondary N) is 1. The molecular weight excluding hydrogens is 357 g/mol. The first kappa shape index (κ1) is 16.9. The van der Waals surface area contributed by atoms with Gasteiger partial charge in [0.1, 0.15) is 4.90 Å². The summed E-state index contributed by atoms with van der Waals surface area (Å²) in [5, 5.41) is 2.55. The summed E-state index contributed by atoms with van der Waals surface area (Å²) >= 11 is 11.7. The van der Waals surface area contributed by atoms with Crippen molar-refractivity contribution < 1.29 is 13.2 Å². The molecule has 1 amide bonds. The summed E-state index contributed by atoms with van der Waals surface area (Å²) in [5.74, 6) is 0.661. The average Bonchev–Trinajstić information content (AvgIpc) is 3.21. The van der Waals surface area contributed by atoms with E-state index in [1.807, 2.05) is 0 Å². The second-order valence-electron chi connectivity index (χ2n) is 5.23. The van der Waals surface area contributed by atoms with Crippen LogP contribution in [0, 0.1) is 11.8 Å². The van der Waals surface area contributed by atoms with Gasteiger partial charge in [-0.05, 0) is 36.8 Å². The highest BCUT2D eigenvalue weighted by Crippen LogP contribution is 2.36. The minimum absolute atomic E-state index is 0.0289. The molecule has 116 valence electrons. The van der Waals surface area contributed by atoms with Crippen LogP contribution < -0.4 is 5.32 Å². The van der Waals surface area contributed by atoms with Crippen LogP contribution in [0.1, 0.15) is 30.1 Å². The first-order chi connectivity index (χ1) is 9.70.